The zero-order valence-corrected chi connectivity index (χ0v) is 15.0. The molecular weight excluding hydrogens is 407 g/mol. The number of aromatic hydroxyl groups is 1. The van der Waals surface area contributed by atoms with Crippen molar-refractivity contribution in [3.8, 4) is 11.5 Å². The van der Waals surface area contributed by atoms with Gasteiger partial charge < -0.3 is 9.84 Å². The number of rotatable bonds is 5. The molecule has 5 nitrogen and oxygen atoms in total. The highest BCUT2D eigenvalue weighted by Crippen LogP contribution is 2.22. The Kier molecular flexibility index (Phi) is 5.97. The second-order valence-electron chi connectivity index (χ2n) is 5.01. The third kappa shape index (κ3) is 4.95. The molecule has 0 aromatic heterocycles. The van der Waals surface area contributed by atoms with Gasteiger partial charge in [0.15, 0.2) is 6.61 Å². The minimum absolute atomic E-state index is 0.101. The van der Waals surface area contributed by atoms with Crippen molar-refractivity contribution in [2.24, 2.45) is 5.10 Å². The van der Waals surface area contributed by atoms with Gasteiger partial charge in [0.05, 0.1) is 9.78 Å². The van der Waals surface area contributed by atoms with Crippen LogP contribution in [0, 0.1) is 17.4 Å². The molecule has 1 amide bonds. The van der Waals surface area contributed by atoms with Crippen molar-refractivity contribution in [2.45, 2.75) is 13.8 Å². The number of carbonyl (C=O) groups is 1. The highest BCUT2D eigenvalue weighted by atomic mass is 127. The summed E-state index contributed by atoms with van der Waals surface area (Å²) in [5.74, 6) is 0.603. The van der Waals surface area contributed by atoms with E-state index in [4.69, 9.17) is 4.74 Å². The molecule has 0 saturated carbocycles. The molecule has 120 valence electrons. The molecule has 2 N–H and O–H groups in total. The number of phenols is 1. The fourth-order valence-corrected chi connectivity index (χ4v) is 2.52. The third-order valence-electron chi connectivity index (χ3n) is 3.13. The number of phenolic OH excluding ortho intramolecular Hbond substituents is 1. The van der Waals surface area contributed by atoms with E-state index in [1.165, 1.54) is 6.21 Å². The predicted octanol–water partition coefficient (Wildman–Crippen LogP) is 3.14. The van der Waals surface area contributed by atoms with Crippen molar-refractivity contribution in [3.05, 3.63) is 56.7 Å². The number of amides is 1. The first-order valence-electron chi connectivity index (χ1n) is 6.97. The fourth-order valence-electron chi connectivity index (χ4n) is 1.98. The molecule has 0 spiro atoms. The highest BCUT2D eigenvalue weighted by Gasteiger charge is 2.06. The molecular formula is C17H17IN2O3. The van der Waals surface area contributed by atoms with Gasteiger partial charge in [-0.1, -0.05) is 18.2 Å². The molecule has 0 aliphatic carbocycles. The van der Waals surface area contributed by atoms with Crippen LogP contribution < -0.4 is 10.2 Å². The van der Waals surface area contributed by atoms with Crippen LogP contribution in [0.1, 0.15) is 16.7 Å². The third-order valence-corrected chi connectivity index (χ3v) is 4.00. The highest BCUT2D eigenvalue weighted by molar-refractivity contribution is 14.1. The molecule has 0 aliphatic heterocycles. The lowest BCUT2D eigenvalue weighted by molar-refractivity contribution is -0.123. The summed E-state index contributed by atoms with van der Waals surface area (Å²) in [6.45, 7) is 3.77. The van der Waals surface area contributed by atoms with Crippen molar-refractivity contribution in [2.75, 3.05) is 6.61 Å². The number of hydrazone groups is 1. The molecule has 0 heterocycles. The second-order valence-corrected chi connectivity index (χ2v) is 6.18. The summed E-state index contributed by atoms with van der Waals surface area (Å²) in [7, 11) is 0. The molecule has 0 atom stereocenters. The second kappa shape index (κ2) is 7.96. The van der Waals surface area contributed by atoms with Crippen molar-refractivity contribution >= 4 is 34.7 Å². The number of nitrogens with one attached hydrogen (secondary N) is 1. The normalized spacial score (nSPS) is 10.7. The zero-order valence-electron chi connectivity index (χ0n) is 12.8. The molecule has 0 saturated heterocycles. The van der Waals surface area contributed by atoms with Crippen molar-refractivity contribution < 1.29 is 14.6 Å². The minimum atomic E-state index is -0.336. The van der Waals surface area contributed by atoms with Gasteiger partial charge in [-0.3, -0.25) is 4.79 Å². The Balaban J connectivity index is 1.87. The van der Waals surface area contributed by atoms with E-state index >= 15 is 0 Å². The van der Waals surface area contributed by atoms with Crippen LogP contribution in [0.3, 0.4) is 0 Å². The number of nitrogens with zero attached hydrogens (tertiary/aromatic N) is 1. The Hall–Kier alpha value is -2.09. The maximum atomic E-state index is 11.8. The number of aryl methyl sites for hydroxylation is 2. The molecule has 0 bridgehead atoms. The Bertz CT molecular complexity index is 724. The van der Waals surface area contributed by atoms with Crippen LogP contribution in [-0.4, -0.2) is 23.8 Å². The van der Waals surface area contributed by atoms with Crippen molar-refractivity contribution in [1.29, 1.82) is 0 Å². The van der Waals surface area contributed by atoms with Gasteiger partial charge in [0.25, 0.3) is 5.91 Å². The summed E-state index contributed by atoms with van der Waals surface area (Å²) in [4.78, 5) is 11.8. The van der Waals surface area contributed by atoms with Crippen LogP contribution in [0.15, 0.2) is 41.5 Å². The lowest BCUT2D eigenvalue weighted by Gasteiger charge is -2.10. The van der Waals surface area contributed by atoms with Crippen LogP contribution in [0.5, 0.6) is 11.5 Å². The number of hydrogen-bond acceptors (Lipinski definition) is 4. The number of hydrogen-bond donors (Lipinski definition) is 2. The molecule has 2 aromatic carbocycles. The molecule has 0 aliphatic rings. The summed E-state index contributed by atoms with van der Waals surface area (Å²) >= 11 is 2.02. The van der Waals surface area contributed by atoms with Gasteiger partial charge >= 0.3 is 0 Å². The van der Waals surface area contributed by atoms with Gasteiger partial charge in [0.1, 0.15) is 11.5 Å². The molecule has 0 fully saturated rings. The first-order valence-corrected chi connectivity index (χ1v) is 8.04. The van der Waals surface area contributed by atoms with Gasteiger partial charge in [-0.2, -0.15) is 5.10 Å². The minimum Gasteiger partial charge on any atom is -0.507 e. The average Bonchev–Trinajstić information content (AvgIpc) is 2.50. The fraction of sp³-hybridized carbons (Fsp3) is 0.176. The summed E-state index contributed by atoms with van der Waals surface area (Å²) in [6, 6.07) is 10.9. The Morgan fingerprint density at radius 1 is 1.30 bits per heavy atom. The first kappa shape index (κ1) is 17.3. The summed E-state index contributed by atoms with van der Waals surface area (Å²) in [5.41, 5.74) is 5.17. The van der Waals surface area contributed by atoms with E-state index in [1.54, 1.807) is 18.2 Å². The van der Waals surface area contributed by atoms with E-state index < -0.39 is 0 Å². The van der Waals surface area contributed by atoms with Gasteiger partial charge in [0.2, 0.25) is 0 Å². The molecule has 23 heavy (non-hydrogen) atoms. The number of benzene rings is 2. The lowest BCUT2D eigenvalue weighted by atomic mass is 10.1. The van der Waals surface area contributed by atoms with Gasteiger partial charge in [0, 0.05) is 0 Å². The summed E-state index contributed by atoms with van der Waals surface area (Å²) < 4.78 is 6.27. The van der Waals surface area contributed by atoms with Gasteiger partial charge in [-0.15, -0.1) is 0 Å². The van der Waals surface area contributed by atoms with E-state index in [0.29, 0.717) is 0 Å². The topological polar surface area (TPSA) is 70.9 Å². The van der Waals surface area contributed by atoms with Crippen LogP contribution in [0.25, 0.3) is 0 Å². The van der Waals surface area contributed by atoms with Gasteiger partial charge in [-0.05, 0) is 71.3 Å². The standard InChI is InChI=1S/C17H17IN2O3/c1-11-4-3-5-12(2)17(11)23-10-16(22)20-19-9-13-6-7-15(21)14(18)8-13/h3-9,21H,10H2,1-2H3,(H,20,22)/b19-9-. The Morgan fingerprint density at radius 3 is 2.65 bits per heavy atom. The van der Waals surface area contributed by atoms with Gasteiger partial charge in [-0.25, -0.2) is 5.43 Å². The Morgan fingerprint density at radius 2 is 2.00 bits per heavy atom. The zero-order chi connectivity index (χ0) is 16.8. The SMILES string of the molecule is Cc1cccc(C)c1OCC(=O)N/N=C\c1ccc(O)c(I)c1. The number of ether oxygens (including phenoxy) is 1. The predicted molar refractivity (Wildman–Crippen MR) is 98.0 cm³/mol. The largest absolute Gasteiger partial charge is 0.507 e. The Labute approximate surface area is 148 Å². The first-order chi connectivity index (χ1) is 11.0. The summed E-state index contributed by atoms with van der Waals surface area (Å²) in [5, 5.41) is 13.3. The van der Waals surface area contributed by atoms with Crippen LogP contribution in [0.2, 0.25) is 0 Å². The van der Waals surface area contributed by atoms with Crippen LogP contribution in [-0.2, 0) is 4.79 Å². The van der Waals surface area contributed by atoms with Crippen LogP contribution in [0.4, 0.5) is 0 Å². The van der Waals surface area contributed by atoms with E-state index in [1.807, 2.05) is 54.6 Å². The van der Waals surface area contributed by atoms with Crippen molar-refractivity contribution in [1.82, 2.24) is 5.43 Å². The number of halogens is 1. The molecule has 6 heteroatoms. The molecule has 2 aromatic rings. The summed E-state index contributed by atoms with van der Waals surface area (Å²) in [6.07, 6.45) is 1.51. The van der Waals surface area contributed by atoms with E-state index in [0.717, 1.165) is 26.0 Å². The smallest absolute Gasteiger partial charge is 0.277 e. The number of carbonyl (C=O) groups excluding carboxylic acids is 1. The van der Waals surface area contributed by atoms with Crippen molar-refractivity contribution in [3.63, 3.8) is 0 Å². The van der Waals surface area contributed by atoms with Crippen LogP contribution >= 0.6 is 22.6 Å². The lowest BCUT2D eigenvalue weighted by Crippen LogP contribution is -2.25. The monoisotopic (exact) mass is 424 g/mol. The molecule has 2 rings (SSSR count). The maximum Gasteiger partial charge on any atom is 0.277 e. The molecule has 0 radical (unpaired) electrons. The quantitative estimate of drug-likeness (QED) is 0.440. The molecule has 0 unspecified atom stereocenters. The maximum absolute atomic E-state index is 11.8. The van der Waals surface area contributed by atoms with E-state index in [-0.39, 0.29) is 18.3 Å². The van der Waals surface area contributed by atoms with E-state index in [9.17, 15) is 9.90 Å². The van der Waals surface area contributed by atoms with E-state index in [2.05, 4.69) is 10.5 Å². The average molecular weight is 424 g/mol. The number of para-hydroxylation sites is 1.